The lowest BCUT2D eigenvalue weighted by Gasteiger charge is -2.22. The third kappa shape index (κ3) is 5.72. The Kier molecular flexibility index (Phi) is 7.45. The standard InChI is InChI=1S/C11H18N2O4/c1-3-6-13(7-4-2)11(17)12-9(5-8-14)10(15)16/h3-4,9,14H,1-2,5-8H2,(H,12,17)(H,15,16). The first-order valence-corrected chi connectivity index (χ1v) is 5.17. The maximum absolute atomic E-state index is 11.7. The molecule has 0 bridgehead atoms. The molecule has 0 fully saturated rings. The van der Waals surface area contributed by atoms with Crippen molar-refractivity contribution in [2.24, 2.45) is 0 Å². The summed E-state index contributed by atoms with van der Waals surface area (Å²) in [4.78, 5) is 23.8. The molecule has 17 heavy (non-hydrogen) atoms. The molecule has 0 radical (unpaired) electrons. The van der Waals surface area contributed by atoms with E-state index in [0.29, 0.717) is 13.1 Å². The number of nitrogens with one attached hydrogen (secondary N) is 1. The van der Waals surface area contributed by atoms with Crippen molar-refractivity contribution in [2.75, 3.05) is 19.7 Å². The number of aliphatic hydroxyl groups excluding tert-OH is 1. The fourth-order valence-electron chi connectivity index (χ4n) is 1.18. The van der Waals surface area contributed by atoms with Gasteiger partial charge in [0.25, 0.3) is 0 Å². The molecule has 6 nitrogen and oxygen atoms in total. The average molecular weight is 242 g/mol. The van der Waals surface area contributed by atoms with Gasteiger partial charge in [-0.2, -0.15) is 0 Å². The van der Waals surface area contributed by atoms with Crippen LogP contribution in [0.15, 0.2) is 25.3 Å². The van der Waals surface area contributed by atoms with Crippen LogP contribution < -0.4 is 5.32 Å². The van der Waals surface area contributed by atoms with Crippen molar-refractivity contribution in [2.45, 2.75) is 12.5 Å². The average Bonchev–Trinajstić information content (AvgIpc) is 2.28. The van der Waals surface area contributed by atoms with Gasteiger partial charge in [-0.3, -0.25) is 0 Å². The van der Waals surface area contributed by atoms with Gasteiger partial charge in [-0.1, -0.05) is 12.2 Å². The highest BCUT2D eigenvalue weighted by Gasteiger charge is 2.21. The Labute approximate surface area is 100 Å². The maximum atomic E-state index is 11.7. The highest BCUT2D eigenvalue weighted by Crippen LogP contribution is 1.96. The van der Waals surface area contributed by atoms with Crippen LogP contribution >= 0.6 is 0 Å². The normalized spacial score (nSPS) is 11.4. The molecule has 0 saturated carbocycles. The number of hydrogen-bond donors (Lipinski definition) is 3. The van der Waals surface area contributed by atoms with Gasteiger partial charge in [-0.05, 0) is 0 Å². The van der Waals surface area contributed by atoms with Gasteiger partial charge in [0.05, 0.1) is 0 Å². The van der Waals surface area contributed by atoms with Gasteiger partial charge < -0.3 is 20.4 Å². The summed E-state index contributed by atoms with van der Waals surface area (Å²) in [5.74, 6) is -1.18. The molecule has 0 aromatic carbocycles. The van der Waals surface area contributed by atoms with Crippen LogP contribution in [-0.4, -0.2) is 52.9 Å². The first-order valence-electron chi connectivity index (χ1n) is 5.17. The molecule has 0 aromatic heterocycles. The fraction of sp³-hybridized carbons (Fsp3) is 0.455. The molecule has 0 saturated heterocycles. The Morgan fingerprint density at radius 3 is 2.18 bits per heavy atom. The second-order valence-corrected chi connectivity index (χ2v) is 3.33. The van der Waals surface area contributed by atoms with E-state index >= 15 is 0 Å². The number of urea groups is 1. The Bertz CT molecular complexity index is 281. The zero-order valence-electron chi connectivity index (χ0n) is 9.63. The van der Waals surface area contributed by atoms with Crippen LogP contribution in [0, 0.1) is 0 Å². The molecule has 0 heterocycles. The molecular formula is C11H18N2O4. The summed E-state index contributed by atoms with van der Waals surface area (Å²) in [6.07, 6.45) is 3.03. The van der Waals surface area contributed by atoms with E-state index in [1.54, 1.807) is 0 Å². The summed E-state index contributed by atoms with van der Waals surface area (Å²) in [6, 6.07) is -1.62. The van der Waals surface area contributed by atoms with E-state index in [9.17, 15) is 9.59 Å². The first-order chi connectivity index (χ1) is 8.06. The molecule has 0 rings (SSSR count). The van der Waals surface area contributed by atoms with Crippen molar-refractivity contribution in [1.29, 1.82) is 0 Å². The minimum Gasteiger partial charge on any atom is -0.480 e. The van der Waals surface area contributed by atoms with Gasteiger partial charge in [-0.15, -0.1) is 13.2 Å². The summed E-state index contributed by atoms with van der Waals surface area (Å²) in [5.41, 5.74) is 0. The van der Waals surface area contributed by atoms with E-state index in [-0.39, 0.29) is 13.0 Å². The molecule has 0 aliphatic carbocycles. The van der Waals surface area contributed by atoms with Crippen LogP contribution in [0.1, 0.15) is 6.42 Å². The van der Waals surface area contributed by atoms with Gasteiger partial charge in [-0.25, -0.2) is 9.59 Å². The molecular weight excluding hydrogens is 224 g/mol. The van der Waals surface area contributed by atoms with Crippen molar-refractivity contribution in [3.8, 4) is 0 Å². The molecule has 2 amide bonds. The van der Waals surface area contributed by atoms with E-state index in [4.69, 9.17) is 10.2 Å². The van der Waals surface area contributed by atoms with Crippen molar-refractivity contribution in [3.63, 3.8) is 0 Å². The highest BCUT2D eigenvalue weighted by molar-refractivity contribution is 5.82. The number of nitrogens with zero attached hydrogens (tertiary/aromatic N) is 1. The molecule has 0 aromatic rings. The summed E-state index contributed by atoms with van der Waals surface area (Å²) in [6.45, 7) is 7.29. The van der Waals surface area contributed by atoms with E-state index in [0.717, 1.165) is 0 Å². The lowest BCUT2D eigenvalue weighted by Crippen LogP contribution is -2.48. The quantitative estimate of drug-likeness (QED) is 0.531. The Morgan fingerprint density at radius 1 is 1.29 bits per heavy atom. The summed E-state index contributed by atoms with van der Waals surface area (Å²) < 4.78 is 0. The minimum atomic E-state index is -1.18. The number of carboxylic acids is 1. The Balaban J connectivity index is 4.48. The number of rotatable bonds is 8. The number of aliphatic hydroxyl groups is 1. The molecule has 1 unspecified atom stereocenters. The van der Waals surface area contributed by atoms with Crippen LogP contribution in [0.2, 0.25) is 0 Å². The molecule has 96 valence electrons. The largest absolute Gasteiger partial charge is 0.480 e. The number of hydrogen-bond acceptors (Lipinski definition) is 3. The first kappa shape index (κ1) is 15.2. The predicted molar refractivity (Wildman–Crippen MR) is 63.6 cm³/mol. The van der Waals surface area contributed by atoms with Gasteiger partial charge in [0.15, 0.2) is 0 Å². The van der Waals surface area contributed by atoms with Crippen molar-refractivity contribution in [3.05, 3.63) is 25.3 Å². The van der Waals surface area contributed by atoms with Crippen LogP contribution in [0.25, 0.3) is 0 Å². The summed E-state index contributed by atoms with van der Waals surface area (Å²) in [5, 5.41) is 19.8. The Hall–Kier alpha value is -1.82. The van der Waals surface area contributed by atoms with Gasteiger partial charge >= 0.3 is 12.0 Å². The second kappa shape index (κ2) is 8.35. The van der Waals surface area contributed by atoms with E-state index in [1.807, 2.05) is 0 Å². The summed E-state index contributed by atoms with van der Waals surface area (Å²) >= 11 is 0. The molecule has 6 heteroatoms. The monoisotopic (exact) mass is 242 g/mol. The zero-order chi connectivity index (χ0) is 13.3. The predicted octanol–water partition coefficient (Wildman–Crippen LogP) is 0.206. The number of carbonyl (C=O) groups excluding carboxylic acids is 1. The zero-order valence-corrected chi connectivity index (χ0v) is 9.63. The maximum Gasteiger partial charge on any atom is 0.326 e. The third-order valence-electron chi connectivity index (χ3n) is 2.00. The lowest BCUT2D eigenvalue weighted by molar-refractivity contribution is -0.139. The number of carboxylic acid groups (broad SMARTS) is 1. The van der Waals surface area contributed by atoms with E-state index in [2.05, 4.69) is 18.5 Å². The number of carbonyl (C=O) groups is 2. The lowest BCUT2D eigenvalue weighted by atomic mass is 10.2. The highest BCUT2D eigenvalue weighted by atomic mass is 16.4. The Morgan fingerprint density at radius 2 is 1.82 bits per heavy atom. The van der Waals surface area contributed by atoms with Crippen molar-refractivity contribution >= 4 is 12.0 Å². The summed E-state index contributed by atoms with van der Waals surface area (Å²) in [7, 11) is 0. The molecule has 1 atom stereocenters. The van der Waals surface area contributed by atoms with E-state index in [1.165, 1.54) is 17.1 Å². The van der Waals surface area contributed by atoms with Crippen LogP contribution in [0.3, 0.4) is 0 Å². The van der Waals surface area contributed by atoms with Crippen LogP contribution in [0.5, 0.6) is 0 Å². The van der Waals surface area contributed by atoms with Crippen molar-refractivity contribution < 1.29 is 19.8 Å². The molecule has 3 N–H and O–H groups in total. The van der Waals surface area contributed by atoms with Crippen molar-refractivity contribution in [1.82, 2.24) is 10.2 Å². The number of aliphatic carboxylic acids is 1. The van der Waals surface area contributed by atoms with Crippen LogP contribution in [0.4, 0.5) is 4.79 Å². The van der Waals surface area contributed by atoms with E-state index < -0.39 is 18.0 Å². The SMILES string of the molecule is C=CCN(CC=C)C(=O)NC(CCO)C(=O)O. The molecule has 0 spiro atoms. The van der Waals surface area contributed by atoms with Gasteiger partial charge in [0.1, 0.15) is 6.04 Å². The number of amides is 2. The third-order valence-corrected chi connectivity index (χ3v) is 2.00. The smallest absolute Gasteiger partial charge is 0.326 e. The molecule has 0 aliphatic heterocycles. The minimum absolute atomic E-state index is 0.0307. The van der Waals surface area contributed by atoms with Gasteiger partial charge in [0.2, 0.25) is 0 Å². The topological polar surface area (TPSA) is 89.9 Å². The fourth-order valence-corrected chi connectivity index (χ4v) is 1.18. The second-order valence-electron chi connectivity index (χ2n) is 3.33. The van der Waals surface area contributed by atoms with Crippen LogP contribution in [-0.2, 0) is 4.79 Å². The molecule has 0 aliphatic rings. The van der Waals surface area contributed by atoms with Gasteiger partial charge in [0, 0.05) is 26.1 Å².